The quantitative estimate of drug-likeness (QED) is 0.719. The van der Waals surface area contributed by atoms with Crippen molar-refractivity contribution in [1.29, 1.82) is 0 Å². The monoisotopic (exact) mass is 214 g/mol. The zero-order valence-electron chi connectivity index (χ0n) is 9.69. The van der Waals surface area contributed by atoms with E-state index < -0.39 is 0 Å². The molecule has 0 fully saturated rings. The summed E-state index contributed by atoms with van der Waals surface area (Å²) in [5.74, 6) is 0.0451. The van der Waals surface area contributed by atoms with Crippen LogP contribution in [0, 0.1) is 13.8 Å². The number of aromatic nitrogens is 2. The van der Waals surface area contributed by atoms with Gasteiger partial charge in [-0.1, -0.05) is 24.3 Å². The average Bonchev–Trinajstić information content (AvgIpc) is 2.60. The van der Waals surface area contributed by atoms with E-state index in [-0.39, 0.29) is 5.78 Å². The lowest BCUT2D eigenvalue weighted by molar-refractivity contribution is 0.103. The molecule has 0 amide bonds. The van der Waals surface area contributed by atoms with Crippen LogP contribution < -0.4 is 0 Å². The van der Waals surface area contributed by atoms with Gasteiger partial charge in [0.2, 0.25) is 0 Å². The second-order valence-electron chi connectivity index (χ2n) is 3.91. The van der Waals surface area contributed by atoms with E-state index in [0.717, 1.165) is 16.8 Å². The first-order valence-electron chi connectivity index (χ1n) is 5.20. The number of ketones is 1. The average molecular weight is 214 g/mol. The van der Waals surface area contributed by atoms with Gasteiger partial charge >= 0.3 is 0 Å². The largest absolute Gasteiger partial charge is 0.288 e. The molecule has 0 aliphatic heterocycles. The summed E-state index contributed by atoms with van der Waals surface area (Å²) in [7, 11) is 1.84. The van der Waals surface area contributed by atoms with Gasteiger partial charge in [0.1, 0.15) is 0 Å². The van der Waals surface area contributed by atoms with Gasteiger partial charge in [-0.15, -0.1) is 0 Å². The first-order chi connectivity index (χ1) is 7.61. The summed E-state index contributed by atoms with van der Waals surface area (Å²) in [5, 5.41) is 4.09. The predicted octanol–water partition coefficient (Wildman–Crippen LogP) is 2.27. The standard InChI is InChI=1S/C13H14N2O/c1-9-6-4-5-7-11(9)13(16)12-8-14-15(3)10(12)2/h4-8H,1-3H3. The molecule has 0 radical (unpaired) electrons. The van der Waals surface area contributed by atoms with Crippen LogP contribution in [0.5, 0.6) is 0 Å². The van der Waals surface area contributed by atoms with Crippen LogP contribution in [0.25, 0.3) is 0 Å². The zero-order chi connectivity index (χ0) is 11.7. The number of hydrogen-bond acceptors (Lipinski definition) is 2. The van der Waals surface area contributed by atoms with Crippen molar-refractivity contribution in [2.24, 2.45) is 7.05 Å². The lowest BCUT2D eigenvalue weighted by Crippen LogP contribution is -2.05. The van der Waals surface area contributed by atoms with Gasteiger partial charge in [-0.3, -0.25) is 9.48 Å². The van der Waals surface area contributed by atoms with Crippen LogP contribution in [0.3, 0.4) is 0 Å². The highest BCUT2D eigenvalue weighted by Gasteiger charge is 2.15. The van der Waals surface area contributed by atoms with Crippen LogP contribution in [0.2, 0.25) is 0 Å². The summed E-state index contributed by atoms with van der Waals surface area (Å²) in [6.45, 7) is 3.84. The molecule has 2 rings (SSSR count). The molecule has 1 aromatic heterocycles. The molecule has 0 atom stereocenters. The normalized spacial score (nSPS) is 10.4. The maximum atomic E-state index is 12.2. The Kier molecular flexibility index (Phi) is 2.60. The Morgan fingerprint density at radius 1 is 1.19 bits per heavy atom. The van der Waals surface area contributed by atoms with Crippen LogP contribution in [0.4, 0.5) is 0 Å². The minimum Gasteiger partial charge on any atom is -0.288 e. The fraction of sp³-hybridized carbons (Fsp3) is 0.231. The number of nitrogens with zero attached hydrogens (tertiary/aromatic N) is 2. The molecular formula is C13H14N2O. The predicted molar refractivity (Wildman–Crippen MR) is 62.6 cm³/mol. The van der Waals surface area contributed by atoms with Gasteiger partial charge in [0, 0.05) is 18.3 Å². The zero-order valence-corrected chi connectivity index (χ0v) is 9.69. The van der Waals surface area contributed by atoms with Gasteiger partial charge in [0.15, 0.2) is 5.78 Å². The van der Waals surface area contributed by atoms with Crippen LogP contribution in [0.15, 0.2) is 30.5 Å². The SMILES string of the molecule is Cc1ccccc1C(=O)c1cnn(C)c1C. The van der Waals surface area contributed by atoms with Crippen LogP contribution in [-0.4, -0.2) is 15.6 Å². The van der Waals surface area contributed by atoms with E-state index in [4.69, 9.17) is 0 Å². The Labute approximate surface area is 94.7 Å². The first-order valence-corrected chi connectivity index (χ1v) is 5.20. The molecule has 0 spiro atoms. The van der Waals surface area contributed by atoms with E-state index in [0.29, 0.717) is 5.56 Å². The highest BCUT2D eigenvalue weighted by Crippen LogP contribution is 2.15. The Morgan fingerprint density at radius 2 is 1.88 bits per heavy atom. The van der Waals surface area contributed by atoms with Gasteiger partial charge in [0.05, 0.1) is 11.8 Å². The van der Waals surface area contributed by atoms with Gasteiger partial charge in [0.25, 0.3) is 0 Å². The molecule has 0 N–H and O–H groups in total. The van der Waals surface area contributed by atoms with Crippen molar-refractivity contribution >= 4 is 5.78 Å². The Morgan fingerprint density at radius 3 is 2.44 bits per heavy atom. The topological polar surface area (TPSA) is 34.9 Å². The molecule has 0 bridgehead atoms. The number of aryl methyl sites for hydroxylation is 2. The van der Waals surface area contributed by atoms with E-state index in [1.54, 1.807) is 10.9 Å². The molecule has 0 aliphatic rings. The Hall–Kier alpha value is -1.90. The van der Waals surface area contributed by atoms with Crippen molar-refractivity contribution in [2.75, 3.05) is 0 Å². The number of carbonyl (C=O) groups is 1. The summed E-state index contributed by atoms with van der Waals surface area (Å²) < 4.78 is 1.71. The minimum absolute atomic E-state index is 0.0451. The Bertz CT molecular complexity index is 541. The van der Waals surface area contributed by atoms with Gasteiger partial charge in [-0.05, 0) is 19.4 Å². The van der Waals surface area contributed by atoms with Gasteiger partial charge in [-0.25, -0.2) is 0 Å². The highest BCUT2D eigenvalue weighted by atomic mass is 16.1. The molecule has 16 heavy (non-hydrogen) atoms. The Balaban J connectivity index is 2.48. The summed E-state index contributed by atoms with van der Waals surface area (Å²) >= 11 is 0. The van der Waals surface area contributed by atoms with Crippen molar-refractivity contribution in [3.05, 3.63) is 52.8 Å². The van der Waals surface area contributed by atoms with E-state index in [9.17, 15) is 4.79 Å². The number of carbonyl (C=O) groups excluding carboxylic acids is 1. The lowest BCUT2D eigenvalue weighted by atomic mass is 10.00. The maximum absolute atomic E-state index is 12.2. The molecule has 0 aliphatic carbocycles. The molecule has 0 saturated carbocycles. The van der Waals surface area contributed by atoms with Crippen LogP contribution in [0.1, 0.15) is 27.2 Å². The fourth-order valence-corrected chi connectivity index (χ4v) is 1.69. The lowest BCUT2D eigenvalue weighted by Gasteiger charge is -2.03. The number of rotatable bonds is 2. The summed E-state index contributed by atoms with van der Waals surface area (Å²) in [5.41, 5.74) is 3.32. The van der Waals surface area contributed by atoms with E-state index >= 15 is 0 Å². The molecule has 0 unspecified atom stereocenters. The van der Waals surface area contributed by atoms with Crippen molar-refractivity contribution < 1.29 is 4.79 Å². The molecule has 0 saturated heterocycles. The third-order valence-corrected chi connectivity index (χ3v) is 2.87. The van der Waals surface area contributed by atoms with Gasteiger partial charge in [-0.2, -0.15) is 5.10 Å². The van der Waals surface area contributed by atoms with Crippen molar-refractivity contribution in [3.63, 3.8) is 0 Å². The molecule has 1 aromatic carbocycles. The van der Waals surface area contributed by atoms with Crippen LogP contribution in [-0.2, 0) is 7.05 Å². The summed E-state index contributed by atoms with van der Waals surface area (Å²) in [6.07, 6.45) is 1.63. The molecule has 82 valence electrons. The highest BCUT2D eigenvalue weighted by molar-refractivity contribution is 6.10. The second kappa shape index (κ2) is 3.93. The third kappa shape index (κ3) is 1.65. The van der Waals surface area contributed by atoms with Crippen molar-refractivity contribution in [1.82, 2.24) is 9.78 Å². The van der Waals surface area contributed by atoms with E-state index in [1.165, 1.54) is 0 Å². The summed E-state index contributed by atoms with van der Waals surface area (Å²) in [4.78, 5) is 12.2. The van der Waals surface area contributed by atoms with Gasteiger partial charge < -0.3 is 0 Å². The van der Waals surface area contributed by atoms with Crippen LogP contribution >= 0.6 is 0 Å². The molecule has 3 nitrogen and oxygen atoms in total. The fourth-order valence-electron chi connectivity index (χ4n) is 1.69. The number of benzene rings is 1. The molecule has 1 heterocycles. The van der Waals surface area contributed by atoms with E-state index in [2.05, 4.69) is 5.10 Å². The third-order valence-electron chi connectivity index (χ3n) is 2.87. The van der Waals surface area contributed by atoms with Crippen molar-refractivity contribution in [3.8, 4) is 0 Å². The van der Waals surface area contributed by atoms with E-state index in [1.807, 2.05) is 45.2 Å². The molecule has 2 aromatic rings. The smallest absolute Gasteiger partial charge is 0.196 e. The number of hydrogen-bond donors (Lipinski definition) is 0. The first kappa shape index (κ1) is 10.6. The molecule has 3 heteroatoms. The second-order valence-corrected chi connectivity index (χ2v) is 3.91. The molecular weight excluding hydrogens is 200 g/mol. The summed E-state index contributed by atoms with van der Waals surface area (Å²) in [6, 6.07) is 7.61. The minimum atomic E-state index is 0.0451. The van der Waals surface area contributed by atoms with Crippen molar-refractivity contribution in [2.45, 2.75) is 13.8 Å². The maximum Gasteiger partial charge on any atom is 0.196 e.